The zero-order valence-corrected chi connectivity index (χ0v) is 23.7. The normalized spacial score (nSPS) is 14.1. The Kier molecular flexibility index (Phi) is 13.5. The summed E-state index contributed by atoms with van der Waals surface area (Å²) in [5.74, 6) is -2.16. The molecule has 12 nitrogen and oxygen atoms in total. The van der Waals surface area contributed by atoms with Crippen LogP contribution in [0.2, 0.25) is 0 Å². The highest BCUT2D eigenvalue weighted by Crippen LogP contribution is 2.13. The highest BCUT2D eigenvalue weighted by Gasteiger charge is 2.29. The van der Waals surface area contributed by atoms with Crippen LogP contribution in [-0.4, -0.2) is 65.6 Å². The van der Waals surface area contributed by atoms with Gasteiger partial charge < -0.3 is 27.0 Å². The second-order valence-corrected chi connectivity index (χ2v) is 10.2. The topological polar surface area (TPSA) is 180 Å². The first-order valence-corrected chi connectivity index (χ1v) is 13.9. The van der Waals surface area contributed by atoms with Crippen molar-refractivity contribution in [1.29, 1.82) is 0 Å². The number of urea groups is 1. The first-order chi connectivity index (χ1) is 19.5. The third-order valence-electron chi connectivity index (χ3n) is 6.56. The fourth-order valence-electron chi connectivity index (χ4n) is 4.20. The van der Waals surface area contributed by atoms with Crippen LogP contribution in [0.15, 0.2) is 36.4 Å². The highest BCUT2D eigenvalue weighted by atomic mass is 16.2. The summed E-state index contributed by atoms with van der Waals surface area (Å²) in [6.45, 7) is 7.93. The van der Waals surface area contributed by atoms with Gasteiger partial charge in [-0.25, -0.2) is 4.79 Å². The molecule has 0 fully saturated rings. The molecule has 0 aromatic heterocycles. The Bertz CT molecular complexity index is 1100. The largest absolute Gasteiger partial charge is 0.352 e. The molecule has 0 saturated carbocycles. The lowest BCUT2D eigenvalue weighted by atomic mass is 10.0. The minimum absolute atomic E-state index is 0.169. The van der Waals surface area contributed by atoms with Gasteiger partial charge in [0.25, 0.3) is 11.8 Å². The molecule has 1 aliphatic heterocycles. The van der Waals surface area contributed by atoms with Crippen molar-refractivity contribution in [2.75, 3.05) is 18.4 Å². The van der Waals surface area contributed by atoms with Crippen molar-refractivity contribution in [2.45, 2.75) is 70.9 Å². The standard InChI is InChI=1S/C29H41N6O6/c1-4-20-11-13-21(14-12-20)32-27(39)22(9-8-17-31-29(30)41)33-28(40)26(19(2)3)34-23(36)10-6-5-7-18-35-24(37)15-16-25(35)38/h11-16,19,22,26H,1,4-10,17-18H2,2-3H3,(H,32,39)(H,33,40)(H,34,36)(H3,30,31,41)/t22-,26-/m0/s1. The fraction of sp³-hybridized carbons (Fsp3) is 0.483. The predicted octanol–water partition coefficient (Wildman–Crippen LogP) is 1.56. The lowest BCUT2D eigenvalue weighted by molar-refractivity contribution is -0.137. The number of carbonyl (C=O) groups is 6. The van der Waals surface area contributed by atoms with E-state index in [-0.39, 0.29) is 43.0 Å². The summed E-state index contributed by atoms with van der Waals surface area (Å²) in [5.41, 5.74) is 6.68. The summed E-state index contributed by atoms with van der Waals surface area (Å²) in [7, 11) is 0. The minimum Gasteiger partial charge on any atom is -0.352 e. The summed E-state index contributed by atoms with van der Waals surface area (Å²) < 4.78 is 0. The number of anilines is 1. The van der Waals surface area contributed by atoms with Gasteiger partial charge in [-0.2, -0.15) is 0 Å². The molecule has 223 valence electrons. The molecule has 0 spiro atoms. The average molecular weight is 570 g/mol. The molecule has 12 heteroatoms. The zero-order valence-electron chi connectivity index (χ0n) is 23.7. The van der Waals surface area contributed by atoms with Gasteiger partial charge >= 0.3 is 6.03 Å². The molecule has 1 radical (unpaired) electrons. The number of nitrogens with two attached hydrogens (primary N) is 1. The molecule has 7 amide bonds. The van der Waals surface area contributed by atoms with Crippen LogP contribution >= 0.6 is 0 Å². The maximum absolute atomic E-state index is 13.2. The molecule has 1 aromatic rings. The van der Waals surface area contributed by atoms with Crippen molar-refractivity contribution in [3.05, 3.63) is 48.9 Å². The summed E-state index contributed by atoms with van der Waals surface area (Å²) >= 11 is 0. The quantitative estimate of drug-likeness (QED) is 0.140. The van der Waals surface area contributed by atoms with Crippen LogP contribution in [-0.2, 0) is 30.4 Å². The second kappa shape index (κ2) is 16.8. The molecule has 2 rings (SSSR count). The number of nitrogens with one attached hydrogen (secondary N) is 4. The van der Waals surface area contributed by atoms with E-state index in [4.69, 9.17) is 5.73 Å². The number of primary amides is 1. The van der Waals surface area contributed by atoms with E-state index >= 15 is 0 Å². The number of benzene rings is 1. The maximum atomic E-state index is 13.2. The summed E-state index contributed by atoms with van der Waals surface area (Å²) in [6, 6.07) is 4.72. The van der Waals surface area contributed by atoms with Gasteiger partial charge in [-0.15, -0.1) is 0 Å². The molecule has 2 atom stereocenters. The van der Waals surface area contributed by atoms with E-state index in [0.29, 0.717) is 44.3 Å². The molecule has 6 N–H and O–H groups in total. The van der Waals surface area contributed by atoms with E-state index < -0.39 is 29.9 Å². The van der Waals surface area contributed by atoms with E-state index in [1.165, 1.54) is 12.2 Å². The van der Waals surface area contributed by atoms with Crippen molar-refractivity contribution >= 4 is 41.3 Å². The number of rotatable bonds is 17. The van der Waals surface area contributed by atoms with Gasteiger partial charge in [-0.05, 0) is 62.6 Å². The van der Waals surface area contributed by atoms with E-state index in [1.54, 1.807) is 26.0 Å². The molecule has 1 aromatic carbocycles. The Morgan fingerprint density at radius 1 is 0.902 bits per heavy atom. The minimum atomic E-state index is -0.923. The van der Waals surface area contributed by atoms with Crippen LogP contribution in [0.3, 0.4) is 0 Å². The van der Waals surface area contributed by atoms with Crippen LogP contribution in [0, 0.1) is 12.8 Å². The molecule has 0 aliphatic carbocycles. The number of carbonyl (C=O) groups excluding carboxylic acids is 6. The number of nitrogens with zero attached hydrogens (tertiary/aromatic N) is 1. The number of hydrogen-bond acceptors (Lipinski definition) is 6. The SMILES string of the molecule is [CH2]Cc1ccc(NC(=O)[C@H](CCCNC(N)=O)NC(=O)[C@@H](NC(=O)CCCCCN2C(=O)C=CC2=O)C(C)C)cc1. The third-order valence-corrected chi connectivity index (χ3v) is 6.56. The fourth-order valence-corrected chi connectivity index (χ4v) is 4.20. The molecule has 0 bridgehead atoms. The molecule has 1 heterocycles. The summed E-state index contributed by atoms with van der Waals surface area (Å²) in [4.78, 5) is 74.3. The Labute approximate surface area is 240 Å². The summed E-state index contributed by atoms with van der Waals surface area (Å²) in [6.07, 6.45) is 5.58. The number of amides is 7. The summed E-state index contributed by atoms with van der Waals surface area (Å²) in [5, 5.41) is 10.8. The van der Waals surface area contributed by atoms with E-state index in [1.807, 2.05) is 12.1 Å². The molecular weight excluding hydrogens is 528 g/mol. The first kappa shape index (κ1) is 33.0. The Balaban J connectivity index is 1.92. The smallest absolute Gasteiger partial charge is 0.312 e. The Hall–Kier alpha value is -4.22. The van der Waals surface area contributed by atoms with E-state index in [2.05, 4.69) is 28.2 Å². The van der Waals surface area contributed by atoms with E-state index in [0.717, 1.165) is 10.5 Å². The Morgan fingerprint density at radius 2 is 1.56 bits per heavy atom. The second-order valence-electron chi connectivity index (χ2n) is 10.2. The lowest BCUT2D eigenvalue weighted by Gasteiger charge is -2.25. The van der Waals surface area contributed by atoms with Gasteiger partial charge in [0, 0.05) is 37.3 Å². The van der Waals surface area contributed by atoms with Crippen molar-refractivity contribution in [1.82, 2.24) is 20.9 Å². The van der Waals surface area contributed by atoms with Gasteiger partial charge in [0.15, 0.2) is 0 Å². The van der Waals surface area contributed by atoms with Crippen LogP contribution in [0.25, 0.3) is 0 Å². The van der Waals surface area contributed by atoms with Crippen LogP contribution in [0.1, 0.15) is 57.9 Å². The van der Waals surface area contributed by atoms with Crippen LogP contribution in [0.5, 0.6) is 0 Å². The average Bonchev–Trinajstić information content (AvgIpc) is 3.25. The lowest BCUT2D eigenvalue weighted by Crippen LogP contribution is -2.54. The molecule has 1 aliphatic rings. The van der Waals surface area contributed by atoms with Gasteiger partial charge in [0.05, 0.1) is 0 Å². The first-order valence-electron chi connectivity index (χ1n) is 13.9. The Morgan fingerprint density at radius 3 is 2.15 bits per heavy atom. The van der Waals surface area contributed by atoms with E-state index in [9.17, 15) is 28.8 Å². The molecule has 41 heavy (non-hydrogen) atoms. The van der Waals surface area contributed by atoms with Crippen molar-refractivity contribution in [3.8, 4) is 0 Å². The maximum Gasteiger partial charge on any atom is 0.312 e. The monoisotopic (exact) mass is 569 g/mol. The van der Waals surface area contributed by atoms with Gasteiger partial charge in [0.2, 0.25) is 17.7 Å². The predicted molar refractivity (Wildman–Crippen MR) is 154 cm³/mol. The molecule has 0 saturated heterocycles. The van der Waals surface area contributed by atoms with Crippen molar-refractivity contribution in [2.24, 2.45) is 11.7 Å². The van der Waals surface area contributed by atoms with Crippen LogP contribution < -0.4 is 27.0 Å². The number of unbranched alkanes of at least 4 members (excludes halogenated alkanes) is 2. The number of imide groups is 1. The molecular formula is C29H41N6O6. The van der Waals surface area contributed by atoms with Crippen LogP contribution in [0.4, 0.5) is 10.5 Å². The van der Waals surface area contributed by atoms with Gasteiger partial charge in [-0.3, -0.25) is 28.9 Å². The van der Waals surface area contributed by atoms with Crippen molar-refractivity contribution < 1.29 is 28.8 Å². The van der Waals surface area contributed by atoms with Crippen molar-refractivity contribution in [3.63, 3.8) is 0 Å². The van der Waals surface area contributed by atoms with Gasteiger partial charge in [0.1, 0.15) is 12.1 Å². The molecule has 0 unspecified atom stereocenters. The zero-order chi connectivity index (χ0) is 30.4. The van der Waals surface area contributed by atoms with Gasteiger partial charge in [-0.1, -0.05) is 32.4 Å². The number of hydrogen-bond donors (Lipinski definition) is 5. The highest BCUT2D eigenvalue weighted by molar-refractivity contribution is 6.12. The third kappa shape index (κ3) is 11.4.